The van der Waals surface area contributed by atoms with Crippen molar-refractivity contribution in [2.24, 2.45) is 11.3 Å². The summed E-state index contributed by atoms with van der Waals surface area (Å²) in [5.74, 6) is 0.685. The van der Waals surface area contributed by atoms with Gasteiger partial charge in [-0.3, -0.25) is 0 Å². The average molecular weight is 200 g/mol. The standard InChI is InChI=1S/C12H24O2/c1-4-9(5-2)12(3)7-6-10(13)11(14)8-12/h9-11,13-14H,4-8H2,1-3H3/t10-,11+,12-/m1/s1. The van der Waals surface area contributed by atoms with E-state index in [1.807, 2.05) is 0 Å². The van der Waals surface area contributed by atoms with Crippen LogP contribution in [0, 0.1) is 11.3 Å². The van der Waals surface area contributed by atoms with E-state index in [1.165, 1.54) is 12.8 Å². The molecule has 1 aliphatic rings. The van der Waals surface area contributed by atoms with Crippen molar-refractivity contribution in [2.45, 2.75) is 65.1 Å². The van der Waals surface area contributed by atoms with Crippen molar-refractivity contribution in [3.63, 3.8) is 0 Å². The van der Waals surface area contributed by atoms with Crippen molar-refractivity contribution in [1.29, 1.82) is 0 Å². The van der Waals surface area contributed by atoms with Crippen molar-refractivity contribution in [3.05, 3.63) is 0 Å². The molecule has 0 saturated heterocycles. The number of hydrogen-bond donors (Lipinski definition) is 2. The first-order valence-corrected chi connectivity index (χ1v) is 5.89. The van der Waals surface area contributed by atoms with Crippen molar-refractivity contribution < 1.29 is 10.2 Å². The second kappa shape index (κ2) is 4.63. The molecule has 0 bridgehead atoms. The fourth-order valence-corrected chi connectivity index (χ4v) is 3.03. The predicted molar refractivity (Wildman–Crippen MR) is 58.0 cm³/mol. The molecule has 0 amide bonds. The van der Waals surface area contributed by atoms with Crippen LogP contribution in [0.2, 0.25) is 0 Å². The van der Waals surface area contributed by atoms with E-state index in [2.05, 4.69) is 20.8 Å². The smallest absolute Gasteiger partial charge is 0.0804 e. The second-order valence-electron chi connectivity index (χ2n) is 5.04. The van der Waals surface area contributed by atoms with Gasteiger partial charge in [-0.2, -0.15) is 0 Å². The van der Waals surface area contributed by atoms with Gasteiger partial charge in [0.2, 0.25) is 0 Å². The van der Waals surface area contributed by atoms with Gasteiger partial charge in [0.05, 0.1) is 12.2 Å². The second-order valence-corrected chi connectivity index (χ2v) is 5.04. The van der Waals surface area contributed by atoms with E-state index >= 15 is 0 Å². The molecule has 84 valence electrons. The van der Waals surface area contributed by atoms with E-state index in [-0.39, 0.29) is 5.41 Å². The lowest BCUT2D eigenvalue weighted by atomic mass is 9.64. The van der Waals surface area contributed by atoms with Gasteiger partial charge < -0.3 is 10.2 Å². The summed E-state index contributed by atoms with van der Waals surface area (Å²) in [6.07, 6.45) is 3.93. The minimum absolute atomic E-state index is 0.238. The molecule has 0 aromatic rings. The molecule has 0 aromatic carbocycles. The molecule has 1 saturated carbocycles. The van der Waals surface area contributed by atoms with Gasteiger partial charge in [-0.15, -0.1) is 0 Å². The molecule has 0 heterocycles. The molecule has 1 rings (SSSR count). The largest absolute Gasteiger partial charge is 0.390 e. The highest BCUT2D eigenvalue weighted by Gasteiger charge is 2.39. The summed E-state index contributed by atoms with van der Waals surface area (Å²) in [7, 11) is 0. The zero-order chi connectivity index (χ0) is 10.8. The summed E-state index contributed by atoms with van der Waals surface area (Å²) in [5, 5.41) is 19.2. The Bertz CT molecular complexity index is 177. The monoisotopic (exact) mass is 200 g/mol. The third-order valence-electron chi connectivity index (χ3n) is 4.10. The molecule has 1 fully saturated rings. The lowest BCUT2D eigenvalue weighted by Crippen LogP contribution is -2.42. The molecule has 2 heteroatoms. The van der Waals surface area contributed by atoms with E-state index in [9.17, 15) is 10.2 Å². The van der Waals surface area contributed by atoms with Crippen LogP contribution in [0.1, 0.15) is 52.9 Å². The van der Waals surface area contributed by atoms with E-state index < -0.39 is 12.2 Å². The number of aliphatic hydroxyl groups is 2. The molecule has 0 radical (unpaired) electrons. The number of hydrogen-bond acceptors (Lipinski definition) is 2. The summed E-state index contributed by atoms with van der Waals surface area (Å²) in [6, 6.07) is 0. The van der Waals surface area contributed by atoms with Crippen molar-refractivity contribution >= 4 is 0 Å². The van der Waals surface area contributed by atoms with Crippen LogP contribution in [-0.4, -0.2) is 22.4 Å². The van der Waals surface area contributed by atoms with Gasteiger partial charge >= 0.3 is 0 Å². The third-order valence-corrected chi connectivity index (χ3v) is 4.10. The fraction of sp³-hybridized carbons (Fsp3) is 1.00. The van der Waals surface area contributed by atoms with Crippen LogP contribution in [0.25, 0.3) is 0 Å². The van der Waals surface area contributed by atoms with Gasteiger partial charge in [-0.1, -0.05) is 33.6 Å². The highest BCUT2D eigenvalue weighted by atomic mass is 16.3. The molecule has 0 aromatic heterocycles. The van der Waals surface area contributed by atoms with Crippen LogP contribution in [0.15, 0.2) is 0 Å². The van der Waals surface area contributed by atoms with Crippen molar-refractivity contribution in [1.82, 2.24) is 0 Å². The molecule has 3 atom stereocenters. The van der Waals surface area contributed by atoms with E-state index in [0.29, 0.717) is 5.92 Å². The summed E-state index contributed by atoms with van der Waals surface area (Å²) in [4.78, 5) is 0. The zero-order valence-corrected chi connectivity index (χ0v) is 9.66. The first-order valence-electron chi connectivity index (χ1n) is 5.89. The highest BCUT2D eigenvalue weighted by Crippen LogP contribution is 2.44. The average Bonchev–Trinajstić information content (AvgIpc) is 2.14. The molecule has 2 N–H and O–H groups in total. The number of rotatable bonds is 3. The molecular weight excluding hydrogens is 176 g/mol. The summed E-state index contributed by atoms with van der Waals surface area (Å²) in [6.45, 7) is 6.70. The van der Waals surface area contributed by atoms with Crippen LogP contribution in [0.3, 0.4) is 0 Å². The maximum absolute atomic E-state index is 9.70. The highest BCUT2D eigenvalue weighted by molar-refractivity contribution is 4.90. The minimum Gasteiger partial charge on any atom is -0.390 e. The Balaban J connectivity index is 2.65. The normalized spacial score (nSPS) is 39.0. The molecule has 14 heavy (non-hydrogen) atoms. The van der Waals surface area contributed by atoms with Crippen molar-refractivity contribution in [3.8, 4) is 0 Å². The fourth-order valence-electron chi connectivity index (χ4n) is 3.03. The van der Waals surface area contributed by atoms with Crippen LogP contribution in [-0.2, 0) is 0 Å². The maximum atomic E-state index is 9.70. The van der Waals surface area contributed by atoms with E-state index in [4.69, 9.17) is 0 Å². The zero-order valence-electron chi connectivity index (χ0n) is 9.66. The first kappa shape index (κ1) is 12.0. The lowest BCUT2D eigenvalue weighted by Gasteiger charge is -2.44. The van der Waals surface area contributed by atoms with Crippen molar-refractivity contribution in [2.75, 3.05) is 0 Å². The number of aliphatic hydroxyl groups excluding tert-OH is 2. The van der Waals surface area contributed by atoms with Crippen LogP contribution in [0.4, 0.5) is 0 Å². The Morgan fingerprint density at radius 2 is 1.79 bits per heavy atom. The maximum Gasteiger partial charge on any atom is 0.0804 e. The Labute approximate surface area is 87.3 Å². The van der Waals surface area contributed by atoms with Gasteiger partial charge in [0, 0.05) is 0 Å². The molecule has 2 nitrogen and oxygen atoms in total. The summed E-state index contributed by atoms with van der Waals surface area (Å²) >= 11 is 0. The van der Waals surface area contributed by atoms with E-state index in [0.717, 1.165) is 19.3 Å². The van der Waals surface area contributed by atoms with Crippen LogP contribution >= 0.6 is 0 Å². The Hall–Kier alpha value is -0.0800. The molecular formula is C12H24O2. The molecule has 1 aliphatic carbocycles. The Morgan fingerprint density at radius 3 is 2.21 bits per heavy atom. The van der Waals surface area contributed by atoms with Gasteiger partial charge in [0.15, 0.2) is 0 Å². The topological polar surface area (TPSA) is 40.5 Å². The van der Waals surface area contributed by atoms with Crippen LogP contribution in [0.5, 0.6) is 0 Å². The van der Waals surface area contributed by atoms with Gasteiger partial charge in [0.1, 0.15) is 0 Å². The van der Waals surface area contributed by atoms with Gasteiger partial charge in [-0.05, 0) is 30.6 Å². The first-order chi connectivity index (χ1) is 6.53. The predicted octanol–water partition coefficient (Wildman–Crippen LogP) is 2.33. The molecule has 0 spiro atoms. The third kappa shape index (κ3) is 2.29. The van der Waals surface area contributed by atoms with E-state index in [1.54, 1.807) is 0 Å². The molecule has 0 unspecified atom stereocenters. The van der Waals surface area contributed by atoms with Crippen LogP contribution < -0.4 is 0 Å². The summed E-state index contributed by atoms with van der Waals surface area (Å²) in [5.41, 5.74) is 0.238. The quantitative estimate of drug-likeness (QED) is 0.734. The molecule has 0 aliphatic heterocycles. The van der Waals surface area contributed by atoms with Gasteiger partial charge in [-0.25, -0.2) is 0 Å². The Morgan fingerprint density at radius 1 is 1.21 bits per heavy atom. The minimum atomic E-state index is -0.505. The SMILES string of the molecule is CCC(CC)[C@]1(C)CC[C@@H](O)[C@@H](O)C1. The summed E-state index contributed by atoms with van der Waals surface area (Å²) < 4.78 is 0. The lowest BCUT2D eigenvalue weighted by molar-refractivity contribution is -0.0673. The van der Waals surface area contributed by atoms with Gasteiger partial charge in [0.25, 0.3) is 0 Å². The Kier molecular flexibility index (Phi) is 3.96.